The summed E-state index contributed by atoms with van der Waals surface area (Å²) in [5.41, 5.74) is 1.33. The highest BCUT2D eigenvalue weighted by molar-refractivity contribution is 5.79. The first-order chi connectivity index (χ1) is 18.6. The van der Waals surface area contributed by atoms with Gasteiger partial charge in [-0.25, -0.2) is 18.2 Å². The minimum atomic E-state index is -2.97. The number of hydrogen-bond donors (Lipinski definition) is 1. The SMILES string of the molecule is Cc1cc2c(=O)n(C[C@@H]3CC(O)CCN3C(=O)CC(C(F)F)n3ccc(F)n3)cnc2n1-c1ccc(F)cc1. The molecule has 3 aromatic heterocycles. The van der Waals surface area contributed by atoms with E-state index >= 15 is 0 Å². The van der Waals surface area contributed by atoms with Crippen LogP contribution in [0.3, 0.4) is 0 Å². The van der Waals surface area contributed by atoms with E-state index in [1.165, 1.54) is 27.9 Å². The number of carbonyl (C=O) groups is 1. The number of piperidine rings is 1. The monoisotopic (exact) mass is 546 g/mol. The Hall–Kier alpha value is -4.00. The summed E-state index contributed by atoms with van der Waals surface area (Å²) < 4.78 is 58.0. The van der Waals surface area contributed by atoms with Crippen molar-refractivity contribution in [2.24, 2.45) is 0 Å². The maximum atomic E-state index is 13.7. The Balaban J connectivity index is 1.41. The van der Waals surface area contributed by atoms with Gasteiger partial charge in [-0.2, -0.15) is 4.39 Å². The Labute approximate surface area is 219 Å². The summed E-state index contributed by atoms with van der Waals surface area (Å²) in [5, 5.41) is 14.0. The Morgan fingerprint density at radius 3 is 2.59 bits per heavy atom. The smallest absolute Gasteiger partial charge is 0.262 e. The van der Waals surface area contributed by atoms with Gasteiger partial charge in [0, 0.05) is 36.7 Å². The molecule has 3 atom stereocenters. The van der Waals surface area contributed by atoms with Gasteiger partial charge in [0.15, 0.2) is 5.65 Å². The number of amides is 1. The van der Waals surface area contributed by atoms with Crippen LogP contribution in [0, 0.1) is 18.7 Å². The predicted molar refractivity (Wildman–Crippen MR) is 133 cm³/mol. The van der Waals surface area contributed by atoms with Crippen LogP contribution < -0.4 is 5.56 Å². The molecular weight excluding hydrogens is 520 g/mol. The quantitative estimate of drug-likeness (QED) is 0.359. The number of aliphatic hydroxyl groups excluding tert-OH is 1. The summed E-state index contributed by atoms with van der Waals surface area (Å²) >= 11 is 0. The molecule has 1 aliphatic rings. The topological polar surface area (TPSA) is 98.2 Å². The molecule has 0 radical (unpaired) electrons. The van der Waals surface area contributed by atoms with Crippen LogP contribution in [-0.4, -0.2) is 64.9 Å². The van der Waals surface area contributed by atoms with Crippen LogP contribution in [0.5, 0.6) is 0 Å². The lowest BCUT2D eigenvalue weighted by molar-refractivity contribution is -0.139. The van der Waals surface area contributed by atoms with Crippen LogP contribution >= 0.6 is 0 Å². The second-order valence-electron chi connectivity index (χ2n) is 9.68. The number of hydrogen-bond acceptors (Lipinski definition) is 5. The maximum absolute atomic E-state index is 13.7. The van der Waals surface area contributed by atoms with E-state index in [-0.39, 0.29) is 31.5 Å². The number of fused-ring (bicyclic) bond motifs is 1. The first-order valence-corrected chi connectivity index (χ1v) is 12.4. The van der Waals surface area contributed by atoms with Gasteiger partial charge in [-0.15, -0.1) is 5.10 Å². The molecule has 1 aromatic carbocycles. The Morgan fingerprint density at radius 2 is 1.92 bits per heavy atom. The number of nitrogens with zero attached hydrogens (tertiary/aromatic N) is 6. The van der Waals surface area contributed by atoms with E-state index < -0.39 is 48.7 Å². The second-order valence-corrected chi connectivity index (χ2v) is 9.68. The number of aryl methyl sites for hydroxylation is 1. The van der Waals surface area contributed by atoms with Gasteiger partial charge in [-0.05, 0) is 50.1 Å². The predicted octanol–water partition coefficient (Wildman–Crippen LogP) is 3.22. The van der Waals surface area contributed by atoms with Gasteiger partial charge in [0.1, 0.15) is 11.9 Å². The highest BCUT2D eigenvalue weighted by atomic mass is 19.3. The zero-order valence-corrected chi connectivity index (χ0v) is 20.9. The summed E-state index contributed by atoms with van der Waals surface area (Å²) in [6.45, 7) is 1.89. The molecule has 4 heterocycles. The fourth-order valence-corrected chi connectivity index (χ4v) is 5.14. The highest BCUT2D eigenvalue weighted by Gasteiger charge is 2.35. The molecular formula is C26H26F4N6O3. The van der Waals surface area contributed by atoms with E-state index in [4.69, 9.17) is 0 Å². The van der Waals surface area contributed by atoms with E-state index in [9.17, 15) is 32.3 Å². The zero-order valence-electron chi connectivity index (χ0n) is 20.9. The maximum Gasteiger partial charge on any atom is 0.262 e. The van der Waals surface area contributed by atoms with Crippen molar-refractivity contribution in [1.82, 2.24) is 28.8 Å². The number of halogens is 4. The number of likely N-dealkylation sites (tertiary alicyclic amines) is 1. The lowest BCUT2D eigenvalue weighted by atomic mass is 9.98. The number of aliphatic hydroxyl groups is 1. The number of carbonyl (C=O) groups excluding carboxylic acids is 1. The first kappa shape index (κ1) is 26.6. The third-order valence-electron chi connectivity index (χ3n) is 7.06. The summed E-state index contributed by atoms with van der Waals surface area (Å²) in [4.78, 5) is 32.4. The van der Waals surface area contributed by atoms with E-state index in [0.29, 0.717) is 22.4 Å². The number of alkyl halides is 2. The van der Waals surface area contributed by atoms with Crippen LogP contribution in [0.1, 0.15) is 31.0 Å². The van der Waals surface area contributed by atoms with Gasteiger partial charge >= 0.3 is 0 Å². The Morgan fingerprint density at radius 1 is 1.18 bits per heavy atom. The average molecular weight is 547 g/mol. The molecule has 206 valence electrons. The standard InChI is InChI=1S/C26H26F4N6O3/c1-15-10-20-25(36(15)17-4-2-16(27)3-5-17)31-14-33(26(20)39)13-18-11-19(37)6-8-34(18)23(38)12-21(24(29)30)35-9-7-22(28)32-35/h2-5,7,9-10,14,18-19,21,24,37H,6,8,11-13H2,1H3/t18-,19?,21?/m0/s1. The van der Waals surface area contributed by atoms with Crippen LogP contribution in [0.4, 0.5) is 17.6 Å². The molecule has 39 heavy (non-hydrogen) atoms. The third-order valence-corrected chi connectivity index (χ3v) is 7.06. The van der Waals surface area contributed by atoms with E-state index in [0.717, 1.165) is 16.9 Å². The molecule has 1 saturated heterocycles. The summed E-state index contributed by atoms with van der Waals surface area (Å²) in [5.74, 6) is -1.94. The van der Waals surface area contributed by atoms with Crippen LogP contribution in [0.2, 0.25) is 0 Å². The molecule has 0 spiro atoms. The molecule has 0 aliphatic carbocycles. The van der Waals surface area contributed by atoms with Crippen LogP contribution in [0.15, 0.2) is 53.7 Å². The van der Waals surface area contributed by atoms with Gasteiger partial charge < -0.3 is 10.0 Å². The largest absolute Gasteiger partial charge is 0.393 e. The van der Waals surface area contributed by atoms with Gasteiger partial charge in [-0.3, -0.25) is 23.4 Å². The van der Waals surface area contributed by atoms with Crippen molar-refractivity contribution in [2.45, 2.75) is 57.3 Å². The lowest BCUT2D eigenvalue weighted by Gasteiger charge is -2.38. The van der Waals surface area contributed by atoms with Crippen molar-refractivity contribution < 1.29 is 27.5 Å². The van der Waals surface area contributed by atoms with Crippen LogP contribution in [-0.2, 0) is 11.3 Å². The normalized spacial score (nSPS) is 18.7. The molecule has 1 fully saturated rings. The molecule has 1 amide bonds. The van der Waals surface area contributed by atoms with Gasteiger partial charge in [-0.1, -0.05) is 0 Å². The van der Waals surface area contributed by atoms with Crippen molar-refractivity contribution in [3.63, 3.8) is 0 Å². The lowest BCUT2D eigenvalue weighted by Crippen LogP contribution is -2.51. The summed E-state index contributed by atoms with van der Waals surface area (Å²) in [7, 11) is 0. The second kappa shape index (κ2) is 10.6. The Bertz CT molecular complexity index is 1550. The van der Waals surface area contributed by atoms with Crippen molar-refractivity contribution in [2.75, 3.05) is 6.54 Å². The molecule has 9 nitrogen and oxygen atoms in total. The fourth-order valence-electron chi connectivity index (χ4n) is 5.14. The Kier molecular flexibility index (Phi) is 7.25. The minimum absolute atomic E-state index is 0.0128. The van der Waals surface area contributed by atoms with E-state index in [1.54, 1.807) is 29.7 Å². The van der Waals surface area contributed by atoms with Gasteiger partial charge in [0.25, 0.3) is 12.0 Å². The van der Waals surface area contributed by atoms with Crippen molar-refractivity contribution >= 4 is 16.9 Å². The van der Waals surface area contributed by atoms with Crippen molar-refractivity contribution in [1.29, 1.82) is 0 Å². The zero-order chi connectivity index (χ0) is 27.8. The number of rotatable bonds is 7. The van der Waals surface area contributed by atoms with Gasteiger partial charge in [0.05, 0.1) is 30.3 Å². The van der Waals surface area contributed by atoms with E-state index in [2.05, 4.69) is 10.1 Å². The highest BCUT2D eigenvalue weighted by Crippen LogP contribution is 2.26. The molecule has 1 aliphatic heterocycles. The van der Waals surface area contributed by atoms with Crippen LogP contribution in [0.25, 0.3) is 16.7 Å². The first-order valence-electron chi connectivity index (χ1n) is 12.4. The average Bonchev–Trinajstić information content (AvgIpc) is 3.47. The summed E-state index contributed by atoms with van der Waals surface area (Å²) in [6.07, 6.45) is -1.55. The fraction of sp³-hybridized carbons (Fsp3) is 0.385. The minimum Gasteiger partial charge on any atom is -0.393 e. The third kappa shape index (κ3) is 5.31. The number of aromatic nitrogens is 5. The molecule has 2 unspecified atom stereocenters. The molecule has 0 saturated carbocycles. The molecule has 5 rings (SSSR count). The van der Waals surface area contributed by atoms with E-state index in [1.807, 2.05) is 0 Å². The molecule has 1 N–H and O–H groups in total. The van der Waals surface area contributed by atoms with Crippen molar-refractivity contribution in [3.05, 3.63) is 76.7 Å². The molecule has 0 bridgehead atoms. The molecule has 13 heteroatoms. The van der Waals surface area contributed by atoms with Crippen molar-refractivity contribution in [3.8, 4) is 5.69 Å². The molecule has 4 aromatic rings. The number of benzene rings is 1. The van der Waals surface area contributed by atoms with Gasteiger partial charge in [0.2, 0.25) is 11.9 Å². The summed E-state index contributed by atoms with van der Waals surface area (Å²) in [6, 6.07) is 6.04.